The van der Waals surface area contributed by atoms with Crippen LogP contribution in [0.5, 0.6) is 0 Å². The summed E-state index contributed by atoms with van der Waals surface area (Å²) in [5, 5.41) is 2.59. The van der Waals surface area contributed by atoms with Gasteiger partial charge in [0.2, 0.25) is 0 Å². The number of esters is 1. The maximum atomic E-state index is 12.0. The van der Waals surface area contributed by atoms with Gasteiger partial charge < -0.3 is 10.1 Å². The summed E-state index contributed by atoms with van der Waals surface area (Å²) in [6.07, 6.45) is 0. The van der Waals surface area contributed by atoms with E-state index in [0.29, 0.717) is 8.67 Å². The molecule has 0 aromatic carbocycles. The van der Waals surface area contributed by atoms with Gasteiger partial charge in [-0.15, -0.1) is 11.3 Å². The van der Waals surface area contributed by atoms with E-state index < -0.39 is 17.9 Å². The molecule has 0 radical (unpaired) electrons. The van der Waals surface area contributed by atoms with Gasteiger partial charge in [0, 0.05) is 0 Å². The van der Waals surface area contributed by atoms with Gasteiger partial charge in [-0.1, -0.05) is 37.0 Å². The molecule has 0 saturated heterocycles. The fraction of sp³-hybridized carbons (Fsp3) is 0.455. The number of carbonyl (C=O) groups is 2. The van der Waals surface area contributed by atoms with Crippen molar-refractivity contribution in [3.8, 4) is 0 Å². The molecule has 1 aromatic rings. The number of ether oxygens (including phenoxy) is 1. The third kappa shape index (κ3) is 3.60. The lowest BCUT2D eigenvalue weighted by atomic mass is 10.0. The highest BCUT2D eigenvalue weighted by molar-refractivity contribution is 7.20. The molecular formula is C11H13Cl2NO3S. The second kappa shape index (κ2) is 6.41. The standard InChI is InChI=1S/C11H13Cl2NO3S/c1-5(2)8(11(16)17-3)14-10(15)6-4-7(12)18-9(6)13/h4-5,8H,1-3H3,(H,14,15). The van der Waals surface area contributed by atoms with Gasteiger partial charge in [-0.05, 0) is 12.0 Å². The molecule has 1 rings (SSSR count). The minimum absolute atomic E-state index is 0.0886. The van der Waals surface area contributed by atoms with Crippen molar-refractivity contribution in [1.29, 1.82) is 0 Å². The molecule has 1 unspecified atom stereocenters. The zero-order valence-corrected chi connectivity index (χ0v) is 12.4. The quantitative estimate of drug-likeness (QED) is 0.870. The third-order valence-corrected chi connectivity index (χ3v) is 3.80. The van der Waals surface area contributed by atoms with E-state index in [9.17, 15) is 9.59 Å². The Hall–Kier alpha value is -0.780. The maximum absolute atomic E-state index is 12.0. The van der Waals surface area contributed by atoms with Crippen molar-refractivity contribution in [2.75, 3.05) is 7.11 Å². The van der Waals surface area contributed by atoms with Crippen molar-refractivity contribution >= 4 is 46.4 Å². The van der Waals surface area contributed by atoms with Gasteiger partial charge >= 0.3 is 5.97 Å². The van der Waals surface area contributed by atoms with Gasteiger partial charge in [0.25, 0.3) is 5.91 Å². The summed E-state index contributed by atoms with van der Waals surface area (Å²) in [7, 11) is 1.28. The number of methoxy groups -OCH3 is 1. The lowest BCUT2D eigenvalue weighted by Gasteiger charge is -2.19. The lowest BCUT2D eigenvalue weighted by Crippen LogP contribution is -2.44. The van der Waals surface area contributed by atoms with Crippen LogP contribution in [0.3, 0.4) is 0 Å². The Morgan fingerprint density at radius 3 is 2.39 bits per heavy atom. The molecule has 0 aliphatic rings. The van der Waals surface area contributed by atoms with E-state index in [0.717, 1.165) is 11.3 Å². The van der Waals surface area contributed by atoms with Crippen LogP contribution in [0.1, 0.15) is 24.2 Å². The Kier molecular flexibility index (Phi) is 5.44. The first-order valence-electron chi connectivity index (χ1n) is 5.20. The fourth-order valence-corrected chi connectivity index (χ4v) is 2.80. The highest BCUT2D eigenvalue weighted by Crippen LogP contribution is 2.31. The van der Waals surface area contributed by atoms with Crippen LogP contribution in [0.4, 0.5) is 0 Å². The Labute approximate surface area is 119 Å². The first kappa shape index (κ1) is 15.3. The van der Waals surface area contributed by atoms with Gasteiger partial charge in [-0.3, -0.25) is 4.79 Å². The smallest absolute Gasteiger partial charge is 0.328 e. The Morgan fingerprint density at radius 1 is 1.39 bits per heavy atom. The topological polar surface area (TPSA) is 55.4 Å². The van der Waals surface area contributed by atoms with Crippen LogP contribution in [-0.2, 0) is 9.53 Å². The number of amides is 1. The molecule has 0 spiro atoms. The fourth-order valence-electron chi connectivity index (χ4n) is 1.34. The van der Waals surface area contributed by atoms with Crippen LogP contribution in [0, 0.1) is 5.92 Å². The lowest BCUT2D eigenvalue weighted by molar-refractivity contribution is -0.144. The van der Waals surface area contributed by atoms with Crippen molar-refractivity contribution in [2.24, 2.45) is 5.92 Å². The molecule has 100 valence electrons. The second-order valence-corrected chi connectivity index (χ2v) is 6.24. The van der Waals surface area contributed by atoms with Gasteiger partial charge in [0.05, 0.1) is 17.0 Å². The molecule has 0 aliphatic heterocycles. The van der Waals surface area contributed by atoms with E-state index in [1.54, 1.807) is 0 Å². The summed E-state index contributed by atoms with van der Waals surface area (Å²) in [6.45, 7) is 3.62. The van der Waals surface area contributed by atoms with E-state index in [4.69, 9.17) is 23.2 Å². The summed E-state index contributed by atoms with van der Waals surface area (Å²) in [6, 6.07) is 0.760. The highest BCUT2D eigenvalue weighted by Gasteiger charge is 2.26. The highest BCUT2D eigenvalue weighted by atomic mass is 35.5. The van der Waals surface area contributed by atoms with E-state index in [1.807, 2.05) is 13.8 Å². The normalized spacial score (nSPS) is 12.3. The minimum atomic E-state index is -0.711. The number of nitrogens with one attached hydrogen (secondary N) is 1. The van der Waals surface area contributed by atoms with Crippen LogP contribution in [-0.4, -0.2) is 25.0 Å². The molecule has 1 atom stereocenters. The molecule has 1 heterocycles. The number of hydrogen-bond donors (Lipinski definition) is 1. The number of carbonyl (C=O) groups excluding carboxylic acids is 2. The molecule has 1 aromatic heterocycles. The molecule has 4 nitrogen and oxygen atoms in total. The molecule has 18 heavy (non-hydrogen) atoms. The van der Waals surface area contributed by atoms with E-state index in [-0.39, 0.29) is 11.5 Å². The first-order chi connectivity index (χ1) is 8.36. The molecule has 0 fully saturated rings. The molecule has 0 aliphatic carbocycles. The number of halogens is 2. The largest absolute Gasteiger partial charge is 0.467 e. The van der Waals surface area contributed by atoms with Crippen molar-refractivity contribution in [2.45, 2.75) is 19.9 Å². The van der Waals surface area contributed by atoms with E-state index in [2.05, 4.69) is 10.1 Å². The Morgan fingerprint density at radius 2 is 2.00 bits per heavy atom. The number of hydrogen-bond acceptors (Lipinski definition) is 4. The van der Waals surface area contributed by atoms with Crippen LogP contribution in [0.15, 0.2) is 6.07 Å². The summed E-state index contributed by atoms with van der Waals surface area (Å²) < 4.78 is 5.35. The Balaban J connectivity index is 2.85. The minimum Gasteiger partial charge on any atom is -0.467 e. The third-order valence-electron chi connectivity index (χ3n) is 2.31. The summed E-state index contributed by atoms with van der Waals surface area (Å²) >= 11 is 12.7. The predicted molar refractivity (Wildman–Crippen MR) is 72.4 cm³/mol. The molecule has 1 amide bonds. The number of thiophene rings is 1. The summed E-state index contributed by atoms with van der Waals surface area (Å²) in [5.41, 5.74) is 0.265. The molecule has 1 N–H and O–H groups in total. The monoisotopic (exact) mass is 309 g/mol. The summed E-state index contributed by atoms with van der Waals surface area (Å²) in [5.74, 6) is -1.02. The molecule has 0 saturated carbocycles. The molecule has 0 bridgehead atoms. The van der Waals surface area contributed by atoms with Gasteiger partial charge in [0.1, 0.15) is 10.4 Å². The van der Waals surface area contributed by atoms with Crippen LogP contribution >= 0.6 is 34.5 Å². The van der Waals surface area contributed by atoms with Crippen molar-refractivity contribution in [3.05, 3.63) is 20.3 Å². The van der Waals surface area contributed by atoms with Gasteiger partial charge in [-0.25, -0.2) is 4.79 Å². The number of rotatable bonds is 4. The summed E-state index contributed by atoms with van der Waals surface area (Å²) in [4.78, 5) is 23.5. The van der Waals surface area contributed by atoms with Gasteiger partial charge in [-0.2, -0.15) is 0 Å². The van der Waals surface area contributed by atoms with Crippen LogP contribution < -0.4 is 5.32 Å². The van der Waals surface area contributed by atoms with Crippen LogP contribution in [0.2, 0.25) is 8.67 Å². The zero-order chi connectivity index (χ0) is 13.9. The van der Waals surface area contributed by atoms with Crippen LogP contribution in [0.25, 0.3) is 0 Å². The first-order valence-corrected chi connectivity index (χ1v) is 6.77. The zero-order valence-electron chi connectivity index (χ0n) is 10.1. The molecule has 7 heteroatoms. The average Bonchev–Trinajstić information content (AvgIpc) is 2.63. The predicted octanol–water partition coefficient (Wildman–Crippen LogP) is 2.98. The van der Waals surface area contributed by atoms with Gasteiger partial charge in [0.15, 0.2) is 0 Å². The second-order valence-electron chi connectivity index (χ2n) is 3.96. The maximum Gasteiger partial charge on any atom is 0.328 e. The van der Waals surface area contributed by atoms with Crippen molar-refractivity contribution in [3.63, 3.8) is 0 Å². The van der Waals surface area contributed by atoms with E-state index in [1.165, 1.54) is 13.2 Å². The molecular weight excluding hydrogens is 297 g/mol. The van der Waals surface area contributed by atoms with Crippen molar-refractivity contribution < 1.29 is 14.3 Å². The average molecular weight is 310 g/mol. The van der Waals surface area contributed by atoms with Crippen molar-refractivity contribution in [1.82, 2.24) is 5.32 Å². The SMILES string of the molecule is COC(=O)C(NC(=O)c1cc(Cl)sc1Cl)C(C)C. The Bertz CT molecular complexity index is 459. The van der Waals surface area contributed by atoms with E-state index >= 15 is 0 Å².